The third-order valence-electron chi connectivity index (χ3n) is 2.73. The topological polar surface area (TPSA) is 64.0 Å². The van der Waals surface area contributed by atoms with Crippen LogP contribution in [-0.4, -0.2) is 35.0 Å². The molecule has 0 amide bonds. The van der Waals surface area contributed by atoms with E-state index >= 15 is 0 Å². The van der Waals surface area contributed by atoms with Crippen molar-refractivity contribution in [2.45, 2.75) is 52.1 Å². The fraction of sp³-hybridized carbons (Fsp3) is 0.750. The summed E-state index contributed by atoms with van der Waals surface area (Å²) in [6.45, 7) is 8.75. The van der Waals surface area contributed by atoms with Crippen molar-refractivity contribution < 1.29 is 8.42 Å². The summed E-state index contributed by atoms with van der Waals surface area (Å²) in [5, 5.41) is 2.96. The van der Waals surface area contributed by atoms with Crippen molar-refractivity contribution in [1.82, 2.24) is 14.9 Å². The van der Waals surface area contributed by atoms with Crippen LogP contribution in [0.15, 0.2) is 12.5 Å². The van der Waals surface area contributed by atoms with E-state index in [9.17, 15) is 8.42 Å². The molecule has 5 nitrogen and oxygen atoms in total. The molecule has 0 bridgehead atoms. The zero-order chi connectivity index (χ0) is 13.8. The number of imidazole rings is 1. The third kappa shape index (κ3) is 4.78. The standard InChI is InChI=1S/C12H23N3O2S/c1-10(2)13-7-12-8-15(9-14-12)5-6-18(16,17)11(3)4/h8-11,13H,5-7H2,1-4H3. The number of hydrogen-bond acceptors (Lipinski definition) is 4. The van der Waals surface area contributed by atoms with E-state index in [4.69, 9.17) is 0 Å². The van der Waals surface area contributed by atoms with Gasteiger partial charge in [-0.05, 0) is 13.8 Å². The second kappa shape index (κ2) is 6.33. The monoisotopic (exact) mass is 273 g/mol. The Morgan fingerprint density at radius 1 is 1.33 bits per heavy atom. The molecular weight excluding hydrogens is 250 g/mol. The SMILES string of the molecule is CC(C)NCc1cn(CCS(=O)(=O)C(C)C)cn1. The Morgan fingerprint density at radius 3 is 2.56 bits per heavy atom. The highest BCUT2D eigenvalue weighted by atomic mass is 32.2. The lowest BCUT2D eigenvalue weighted by atomic mass is 10.3. The number of sulfone groups is 1. The molecule has 1 rings (SSSR count). The van der Waals surface area contributed by atoms with Crippen LogP contribution in [0, 0.1) is 0 Å². The van der Waals surface area contributed by atoms with E-state index in [0.717, 1.165) is 5.69 Å². The van der Waals surface area contributed by atoms with Crippen LogP contribution < -0.4 is 5.32 Å². The molecule has 0 saturated carbocycles. The molecule has 104 valence electrons. The van der Waals surface area contributed by atoms with E-state index in [-0.39, 0.29) is 11.0 Å². The Morgan fingerprint density at radius 2 is 2.00 bits per heavy atom. The van der Waals surface area contributed by atoms with Crippen LogP contribution in [0.25, 0.3) is 0 Å². The summed E-state index contributed by atoms with van der Waals surface area (Å²) in [5.41, 5.74) is 0.936. The normalized spacial score (nSPS) is 12.6. The molecule has 0 unspecified atom stereocenters. The molecule has 6 heteroatoms. The molecule has 0 atom stereocenters. The van der Waals surface area contributed by atoms with Gasteiger partial charge in [0.25, 0.3) is 0 Å². The van der Waals surface area contributed by atoms with Gasteiger partial charge in [0.05, 0.1) is 23.0 Å². The minimum Gasteiger partial charge on any atom is -0.336 e. The fourth-order valence-electron chi connectivity index (χ4n) is 1.40. The number of aryl methyl sites for hydroxylation is 1. The first-order valence-corrected chi connectivity index (χ1v) is 7.98. The Hall–Kier alpha value is -0.880. The maximum absolute atomic E-state index is 11.7. The van der Waals surface area contributed by atoms with Crippen molar-refractivity contribution >= 4 is 9.84 Å². The van der Waals surface area contributed by atoms with Crippen LogP contribution in [0.1, 0.15) is 33.4 Å². The van der Waals surface area contributed by atoms with E-state index in [1.165, 1.54) is 0 Å². The van der Waals surface area contributed by atoms with Gasteiger partial charge in [-0.1, -0.05) is 13.8 Å². The van der Waals surface area contributed by atoms with Crippen molar-refractivity contribution in [2.24, 2.45) is 0 Å². The van der Waals surface area contributed by atoms with Crippen molar-refractivity contribution in [3.05, 3.63) is 18.2 Å². The zero-order valence-corrected chi connectivity index (χ0v) is 12.4. The number of nitrogens with zero attached hydrogens (tertiary/aromatic N) is 2. The second-order valence-corrected chi connectivity index (χ2v) is 7.73. The lowest BCUT2D eigenvalue weighted by Gasteiger charge is -2.07. The quantitative estimate of drug-likeness (QED) is 0.811. The van der Waals surface area contributed by atoms with Crippen LogP contribution in [0.2, 0.25) is 0 Å². The second-order valence-electron chi connectivity index (χ2n) is 5.05. The Kier molecular flexibility index (Phi) is 5.34. The Bertz CT molecular complexity index is 463. The molecule has 0 saturated heterocycles. The molecule has 0 aliphatic carbocycles. The molecular formula is C12H23N3O2S. The molecule has 0 aromatic carbocycles. The van der Waals surface area contributed by atoms with E-state index in [0.29, 0.717) is 19.1 Å². The van der Waals surface area contributed by atoms with Crippen molar-refractivity contribution in [3.8, 4) is 0 Å². The van der Waals surface area contributed by atoms with Gasteiger partial charge < -0.3 is 9.88 Å². The van der Waals surface area contributed by atoms with Gasteiger partial charge in [0, 0.05) is 25.3 Å². The Balaban J connectivity index is 2.50. The molecule has 0 aliphatic rings. The van der Waals surface area contributed by atoms with Crippen LogP contribution >= 0.6 is 0 Å². The minimum absolute atomic E-state index is 0.165. The number of hydrogen-bond donors (Lipinski definition) is 1. The lowest BCUT2D eigenvalue weighted by Crippen LogP contribution is -2.22. The average molecular weight is 273 g/mol. The average Bonchev–Trinajstić information content (AvgIpc) is 2.71. The molecule has 1 N–H and O–H groups in total. The molecule has 0 spiro atoms. The number of aromatic nitrogens is 2. The number of rotatable bonds is 7. The summed E-state index contributed by atoms with van der Waals surface area (Å²) in [6, 6.07) is 0.413. The van der Waals surface area contributed by atoms with Gasteiger partial charge in [0.1, 0.15) is 0 Å². The van der Waals surface area contributed by atoms with Crippen molar-refractivity contribution in [2.75, 3.05) is 5.75 Å². The van der Waals surface area contributed by atoms with Crippen LogP contribution in [0.5, 0.6) is 0 Å². The molecule has 0 radical (unpaired) electrons. The summed E-state index contributed by atoms with van der Waals surface area (Å²) < 4.78 is 25.2. The maximum Gasteiger partial charge on any atom is 0.154 e. The molecule has 0 aliphatic heterocycles. The van der Waals surface area contributed by atoms with Gasteiger partial charge in [-0.25, -0.2) is 13.4 Å². The minimum atomic E-state index is -2.98. The van der Waals surface area contributed by atoms with E-state index < -0.39 is 9.84 Å². The largest absolute Gasteiger partial charge is 0.336 e. The van der Waals surface area contributed by atoms with Gasteiger partial charge in [-0.2, -0.15) is 0 Å². The summed E-state index contributed by atoms with van der Waals surface area (Å²) in [7, 11) is -2.98. The van der Waals surface area contributed by atoms with Crippen LogP contribution in [0.3, 0.4) is 0 Å². The highest BCUT2D eigenvalue weighted by molar-refractivity contribution is 7.91. The first kappa shape index (κ1) is 15.2. The molecule has 1 aromatic heterocycles. The predicted octanol–water partition coefficient (Wildman–Crippen LogP) is 1.20. The molecule has 1 heterocycles. The highest BCUT2D eigenvalue weighted by Crippen LogP contribution is 2.03. The smallest absolute Gasteiger partial charge is 0.154 e. The van der Waals surface area contributed by atoms with Gasteiger partial charge in [-0.3, -0.25) is 0 Å². The highest BCUT2D eigenvalue weighted by Gasteiger charge is 2.15. The third-order valence-corrected chi connectivity index (χ3v) is 4.92. The Labute approximate surface area is 110 Å². The van der Waals surface area contributed by atoms with Gasteiger partial charge in [0.2, 0.25) is 0 Å². The molecule has 0 fully saturated rings. The fourth-order valence-corrected chi connectivity index (χ4v) is 2.33. The molecule has 18 heavy (non-hydrogen) atoms. The summed E-state index contributed by atoms with van der Waals surface area (Å²) in [6.07, 6.45) is 3.58. The summed E-state index contributed by atoms with van der Waals surface area (Å²) in [4.78, 5) is 4.24. The van der Waals surface area contributed by atoms with Gasteiger partial charge in [0.15, 0.2) is 9.84 Å². The van der Waals surface area contributed by atoms with E-state index in [1.807, 2.05) is 10.8 Å². The number of nitrogens with one attached hydrogen (secondary N) is 1. The van der Waals surface area contributed by atoms with Crippen molar-refractivity contribution in [1.29, 1.82) is 0 Å². The maximum atomic E-state index is 11.7. The lowest BCUT2D eigenvalue weighted by molar-refractivity contribution is 0.578. The summed E-state index contributed by atoms with van der Waals surface area (Å²) in [5.74, 6) is 0.165. The zero-order valence-electron chi connectivity index (χ0n) is 11.5. The molecule has 1 aromatic rings. The van der Waals surface area contributed by atoms with E-state index in [1.54, 1.807) is 20.2 Å². The first-order chi connectivity index (χ1) is 8.31. The van der Waals surface area contributed by atoms with Crippen LogP contribution in [0.4, 0.5) is 0 Å². The predicted molar refractivity (Wildman–Crippen MR) is 73.1 cm³/mol. The van der Waals surface area contributed by atoms with Gasteiger partial charge in [-0.15, -0.1) is 0 Å². The van der Waals surface area contributed by atoms with Crippen LogP contribution in [-0.2, 0) is 22.9 Å². The van der Waals surface area contributed by atoms with Gasteiger partial charge >= 0.3 is 0 Å². The first-order valence-electron chi connectivity index (χ1n) is 6.27. The van der Waals surface area contributed by atoms with Crippen molar-refractivity contribution in [3.63, 3.8) is 0 Å². The van der Waals surface area contributed by atoms with E-state index in [2.05, 4.69) is 24.1 Å². The summed E-state index contributed by atoms with van der Waals surface area (Å²) >= 11 is 0.